The minimum atomic E-state index is -4.15. The molecule has 0 aromatic heterocycles. The fraction of sp³-hybridized carbons (Fsp3) is 0.538. The summed E-state index contributed by atoms with van der Waals surface area (Å²) in [7, 11) is 0. The maximum Gasteiger partial charge on any atom is 0.401 e. The molecule has 0 atom stereocenters. The normalized spacial score (nSPS) is 12.2. The molecule has 6 heteroatoms. The highest BCUT2D eigenvalue weighted by molar-refractivity contribution is 9.10. The Morgan fingerprint density at radius 3 is 2.53 bits per heavy atom. The Balaban J connectivity index is 2.44. The van der Waals surface area contributed by atoms with E-state index in [0.717, 1.165) is 10.2 Å². The van der Waals surface area contributed by atoms with Gasteiger partial charge in [-0.15, -0.1) is 0 Å². The third-order valence-electron chi connectivity index (χ3n) is 2.67. The molecule has 2 nitrogen and oxygen atoms in total. The molecule has 1 rings (SSSR count). The van der Waals surface area contributed by atoms with Crippen LogP contribution in [-0.2, 0) is 0 Å². The monoisotopic (exact) mass is 338 g/mol. The molecule has 0 amide bonds. The van der Waals surface area contributed by atoms with Gasteiger partial charge >= 0.3 is 6.18 Å². The molecule has 0 saturated heterocycles. The zero-order valence-corrected chi connectivity index (χ0v) is 12.6. The lowest BCUT2D eigenvalue weighted by molar-refractivity contribution is -0.149. The quantitative estimate of drug-likeness (QED) is 0.838. The number of alkyl halides is 3. The average Bonchev–Trinajstić information content (AvgIpc) is 2.26. The predicted octanol–water partition coefficient (Wildman–Crippen LogP) is 4.13. The van der Waals surface area contributed by atoms with E-state index in [0.29, 0.717) is 13.1 Å². The molecule has 0 aliphatic carbocycles. The Bertz CT molecular complexity index is 394. The molecular weight excluding hydrogens is 321 g/mol. The number of halogens is 4. The van der Waals surface area contributed by atoms with Gasteiger partial charge in [0.15, 0.2) is 0 Å². The van der Waals surface area contributed by atoms with Crippen molar-refractivity contribution in [3.8, 4) is 0 Å². The van der Waals surface area contributed by atoms with Gasteiger partial charge in [0.2, 0.25) is 0 Å². The van der Waals surface area contributed by atoms with Crippen molar-refractivity contribution in [2.75, 3.05) is 25.0 Å². The highest BCUT2D eigenvalue weighted by Crippen LogP contribution is 2.18. The van der Waals surface area contributed by atoms with Crippen molar-refractivity contribution in [1.82, 2.24) is 4.90 Å². The number of nitrogens with zero attached hydrogens (tertiary/aromatic N) is 1. The van der Waals surface area contributed by atoms with Crippen LogP contribution in [0.1, 0.15) is 13.8 Å². The lowest BCUT2D eigenvalue weighted by Crippen LogP contribution is -2.41. The predicted molar refractivity (Wildman–Crippen MR) is 75.4 cm³/mol. The van der Waals surface area contributed by atoms with Crippen molar-refractivity contribution in [1.29, 1.82) is 0 Å². The van der Waals surface area contributed by atoms with Gasteiger partial charge in [-0.25, -0.2) is 0 Å². The first-order valence-corrected chi connectivity index (χ1v) is 6.87. The summed E-state index contributed by atoms with van der Waals surface area (Å²) in [6.07, 6.45) is -4.15. The minimum Gasteiger partial charge on any atom is -0.384 e. The topological polar surface area (TPSA) is 15.3 Å². The van der Waals surface area contributed by atoms with Crippen LogP contribution in [0.15, 0.2) is 28.7 Å². The summed E-state index contributed by atoms with van der Waals surface area (Å²) in [5.41, 5.74) is 0.894. The van der Waals surface area contributed by atoms with E-state index in [4.69, 9.17) is 0 Å². The Hall–Kier alpha value is -0.750. The zero-order valence-electron chi connectivity index (χ0n) is 11.0. The lowest BCUT2D eigenvalue weighted by Gasteiger charge is -2.27. The average molecular weight is 339 g/mol. The second-order valence-corrected chi connectivity index (χ2v) is 5.53. The van der Waals surface area contributed by atoms with Crippen molar-refractivity contribution >= 4 is 21.6 Å². The summed E-state index contributed by atoms with van der Waals surface area (Å²) in [6.45, 7) is 3.49. The SMILES string of the molecule is CC(C)N(CCNc1cccc(Br)c1)CC(F)(F)F. The van der Waals surface area contributed by atoms with Crippen LogP contribution in [0.5, 0.6) is 0 Å². The van der Waals surface area contributed by atoms with E-state index in [-0.39, 0.29) is 6.04 Å². The van der Waals surface area contributed by atoms with Crippen LogP contribution in [0.25, 0.3) is 0 Å². The van der Waals surface area contributed by atoms with Crippen molar-refractivity contribution in [3.63, 3.8) is 0 Å². The maximum atomic E-state index is 12.4. The minimum absolute atomic E-state index is 0.133. The van der Waals surface area contributed by atoms with E-state index in [1.165, 1.54) is 4.90 Å². The molecule has 0 bridgehead atoms. The van der Waals surface area contributed by atoms with Crippen molar-refractivity contribution < 1.29 is 13.2 Å². The van der Waals surface area contributed by atoms with Crippen LogP contribution in [0.3, 0.4) is 0 Å². The molecule has 0 aliphatic heterocycles. The van der Waals surface area contributed by atoms with Gasteiger partial charge in [0.1, 0.15) is 0 Å². The Morgan fingerprint density at radius 1 is 1.32 bits per heavy atom. The number of rotatable bonds is 6. The molecule has 1 aromatic rings. The van der Waals surface area contributed by atoms with Gasteiger partial charge in [0.05, 0.1) is 6.54 Å². The van der Waals surface area contributed by atoms with E-state index in [1.807, 2.05) is 24.3 Å². The van der Waals surface area contributed by atoms with E-state index in [9.17, 15) is 13.2 Å². The summed E-state index contributed by atoms with van der Waals surface area (Å²) in [5, 5.41) is 3.12. The summed E-state index contributed by atoms with van der Waals surface area (Å²) in [6, 6.07) is 7.42. The van der Waals surface area contributed by atoms with Crippen molar-refractivity contribution in [3.05, 3.63) is 28.7 Å². The van der Waals surface area contributed by atoms with E-state index >= 15 is 0 Å². The van der Waals surface area contributed by atoms with Crippen molar-refractivity contribution in [2.45, 2.75) is 26.1 Å². The lowest BCUT2D eigenvalue weighted by atomic mass is 10.3. The number of nitrogens with one attached hydrogen (secondary N) is 1. The van der Waals surface area contributed by atoms with Gasteiger partial charge in [-0.05, 0) is 32.0 Å². The number of hydrogen-bond acceptors (Lipinski definition) is 2. The first kappa shape index (κ1) is 16.3. The second kappa shape index (κ2) is 7.14. The van der Waals surface area contributed by atoms with E-state index < -0.39 is 12.7 Å². The van der Waals surface area contributed by atoms with Gasteiger partial charge in [0.25, 0.3) is 0 Å². The van der Waals surface area contributed by atoms with Crippen molar-refractivity contribution in [2.24, 2.45) is 0 Å². The molecular formula is C13H18BrF3N2. The number of hydrogen-bond donors (Lipinski definition) is 1. The molecule has 108 valence electrons. The Morgan fingerprint density at radius 2 is 2.00 bits per heavy atom. The summed E-state index contributed by atoms with van der Waals surface area (Å²) in [4.78, 5) is 1.41. The fourth-order valence-electron chi connectivity index (χ4n) is 1.69. The molecule has 0 fully saturated rings. The highest BCUT2D eigenvalue weighted by Gasteiger charge is 2.31. The second-order valence-electron chi connectivity index (χ2n) is 4.62. The van der Waals surface area contributed by atoms with Gasteiger partial charge in [0, 0.05) is 29.3 Å². The third kappa shape index (κ3) is 6.82. The Labute approximate surface area is 120 Å². The fourth-order valence-corrected chi connectivity index (χ4v) is 2.09. The molecule has 0 spiro atoms. The highest BCUT2D eigenvalue weighted by atomic mass is 79.9. The number of benzene rings is 1. The maximum absolute atomic E-state index is 12.4. The standard InChI is InChI=1S/C13H18BrF3N2/c1-10(2)19(9-13(15,16)17)7-6-18-12-5-3-4-11(14)8-12/h3-5,8,10,18H,6-7,9H2,1-2H3. The first-order chi connectivity index (χ1) is 8.78. The van der Waals surface area contributed by atoms with Gasteiger partial charge < -0.3 is 5.32 Å². The van der Waals surface area contributed by atoms with Crippen LogP contribution in [0, 0.1) is 0 Å². The summed E-state index contributed by atoms with van der Waals surface area (Å²) < 4.78 is 38.1. The summed E-state index contributed by atoms with van der Waals surface area (Å²) in [5.74, 6) is 0. The smallest absolute Gasteiger partial charge is 0.384 e. The Kier molecular flexibility index (Phi) is 6.13. The van der Waals surface area contributed by atoms with Crippen LogP contribution < -0.4 is 5.32 Å². The van der Waals surface area contributed by atoms with Gasteiger partial charge in [-0.3, -0.25) is 4.90 Å². The molecule has 0 aliphatic rings. The molecule has 0 saturated carbocycles. The molecule has 0 heterocycles. The van der Waals surface area contributed by atoms with Crippen LogP contribution in [0.2, 0.25) is 0 Å². The van der Waals surface area contributed by atoms with Crippen LogP contribution >= 0.6 is 15.9 Å². The molecule has 1 N–H and O–H groups in total. The van der Waals surface area contributed by atoms with Gasteiger partial charge in [-0.2, -0.15) is 13.2 Å². The molecule has 19 heavy (non-hydrogen) atoms. The van der Waals surface area contributed by atoms with Crippen LogP contribution in [0.4, 0.5) is 18.9 Å². The third-order valence-corrected chi connectivity index (χ3v) is 3.16. The zero-order chi connectivity index (χ0) is 14.5. The molecule has 1 aromatic carbocycles. The number of anilines is 1. The van der Waals surface area contributed by atoms with Crippen LogP contribution in [-0.4, -0.2) is 36.8 Å². The van der Waals surface area contributed by atoms with E-state index in [2.05, 4.69) is 21.2 Å². The molecule has 0 unspecified atom stereocenters. The van der Waals surface area contributed by atoms with E-state index in [1.54, 1.807) is 13.8 Å². The largest absolute Gasteiger partial charge is 0.401 e. The first-order valence-electron chi connectivity index (χ1n) is 6.08. The molecule has 0 radical (unpaired) electrons. The van der Waals surface area contributed by atoms with Gasteiger partial charge in [-0.1, -0.05) is 22.0 Å². The summed E-state index contributed by atoms with van der Waals surface area (Å²) >= 11 is 3.35.